The van der Waals surface area contributed by atoms with Gasteiger partial charge in [-0.25, -0.2) is 0 Å². The van der Waals surface area contributed by atoms with Gasteiger partial charge in [0.05, 0.1) is 19.8 Å². The van der Waals surface area contributed by atoms with E-state index in [0.717, 1.165) is 11.1 Å². The molecule has 0 saturated carbocycles. The maximum Gasteiger partial charge on any atom is 0.184 e. The Hall–Kier alpha value is -1.76. The number of rotatable bonds is 7. The molecule has 5 heteroatoms. The van der Waals surface area contributed by atoms with Gasteiger partial charge in [-0.3, -0.25) is 0 Å². The Morgan fingerprint density at radius 1 is 0.833 bits per heavy atom. The minimum Gasteiger partial charge on any atom is -0.385 e. The lowest BCUT2D eigenvalue weighted by Crippen LogP contribution is -2.37. The van der Waals surface area contributed by atoms with E-state index < -0.39 is 24.6 Å². The van der Waals surface area contributed by atoms with Gasteiger partial charge in [0.2, 0.25) is 0 Å². The Bertz CT molecular complexity index is 604. The van der Waals surface area contributed by atoms with Crippen molar-refractivity contribution in [3.8, 4) is 0 Å². The summed E-state index contributed by atoms with van der Waals surface area (Å²) in [5.74, 6) is 0. The van der Waals surface area contributed by atoms with Crippen molar-refractivity contribution in [1.29, 1.82) is 0 Å². The van der Waals surface area contributed by atoms with Gasteiger partial charge >= 0.3 is 0 Å². The Labute approximate surface area is 141 Å². The molecule has 2 aromatic rings. The van der Waals surface area contributed by atoms with Crippen LogP contribution in [0, 0.1) is 0 Å². The van der Waals surface area contributed by atoms with E-state index in [4.69, 9.17) is 14.2 Å². The molecule has 0 bridgehead atoms. The molecule has 24 heavy (non-hydrogen) atoms. The molecule has 4 atom stereocenters. The average Bonchev–Trinajstić information content (AvgIpc) is 2.89. The summed E-state index contributed by atoms with van der Waals surface area (Å²) in [6.45, 7) is 1.02. The zero-order valence-corrected chi connectivity index (χ0v) is 13.3. The molecular formula is C19H22O5. The largest absolute Gasteiger partial charge is 0.385 e. The van der Waals surface area contributed by atoms with Crippen molar-refractivity contribution in [2.75, 3.05) is 6.61 Å². The smallest absolute Gasteiger partial charge is 0.184 e. The number of ether oxygens (including phenoxy) is 3. The maximum atomic E-state index is 10.1. The quantitative estimate of drug-likeness (QED) is 0.811. The number of benzene rings is 2. The minimum atomic E-state index is -1.25. The predicted octanol–water partition coefficient (Wildman–Crippen LogP) is 1.87. The number of hydrogen-bond acceptors (Lipinski definition) is 5. The third kappa shape index (κ3) is 4.41. The van der Waals surface area contributed by atoms with E-state index in [9.17, 15) is 10.2 Å². The molecule has 0 aromatic heterocycles. The maximum absolute atomic E-state index is 10.1. The van der Waals surface area contributed by atoms with Crippen molar-refractivity contribution in [3.63, 3.8) is 0 Å². The van der Waals surface area contributed by atoms with Crippen LogP contribution in [0.2, 0.25) is 0 Å². The minimum absolute atomic E-state index is 0.239. The zero-order chi connectivity index (χ0) is 16.8. The molecule has 0 amide bonds. The molecule has 128 valence electrons. The van der Waals surface area contributed by atoms with Crippen LogP contribution in [0.3, 0.4) is 0 Å². The highest BCUT2D eigenvalue weighted by Gasteiger charge is 2.43. The Morgan fingerprint density at radius 3 is 2.04 bits per heavy atom. The molecule has 3 rings (SSSR count). The molecule has 2 N–H and O–H groups in total. The molecule has 5 nitrogen and oxygen atoms in total. The van der Waals surface area contributed by atoms with Crippen LogP contribution in [0.15, 0.2) is 60.7 Å². The second kappa shape index (κ2) is 8.37. The highest BCUT2D eigenvalue weighted by atomic mass is 16.7. The van der Waals surface area contributed by atoms with Gasteiger partial charge in [-0.2, -0.15) is 0 Å². The van der Waals surface area contributed by atoms with Gasteiger partial charge in [0.1, 0.15) is 18.3 Å². The van der Waals surface area contributed by atoms with Crippen LogP contribution < -0.4 is 0 Å². The fourth-order valence-corrected chi connectivity index (χ4v) is 2.69. The fraction of sp³-hybridized carbons (Fsp3) is 0.368. The molecule has 1 aliphatic rings. The van der Waals surface area contributed by atoms with Crippen LogP contribution in [0.1, 0.15) is 11.1 Å². The third-order valence-corrected chi connectivity index (χ3v) is 3.99. The van der Waals surface area contributed by atoms with Crippen molar-refractivity contribution in [2.24, 2.45) is 0 Å². The Balaban J connectivity index is 1.52. The third-order valence-electron chi connectivity index (χ3n) is 3.99. The summed E-state index contributed by atoms with van der Waals surface area (Å²) in [5, 5.41) is 19.8. The molecule has 2 aromatic carbocycles. The summed E-state index contributed by atoms with van der Waals surface area (Å²) in [5.41, 5.74) is 2.05. The predicted molar refractivity (Wildman–Crippen MR) is 88.0 cm³/mol. The Morgan fingerprint density at radius 2 is 1.42 bits per heavy atom. The van der Waals surface area contributed by atoms with Crippen molar-refractivity contribution in [2.45, 2.75) is 37.8 Å². The van der Waals surface area contributed by atoms with E-state index in [0.29, 0.717) is 13.2 Å². The lowest BCUT2D eigenvalue weighted by molar-refractivity contribution is -0.137. The van der Waals surface area contributed by atoms with E-state index >= 15 is 0 Å². The SMILES string of the molecule is OC1O[C@@H](COCc2ccccc2)[C@H](OCc2ccccc2)[C@@H]1O. The number of hydrogen-bond donors (Lipinski definition) is 2. The van der Waals surface area contributed by atoms with Crippen molar-refractivity contribution < 1.29 is 24.4 Å². The van der Waals surface area contributed by atoms with Crippen LogP contribution in [-0.2, 0) is 27.4 Å². The topological polar surface area (TPSA) is 68.2 Å². The second-order valence-corrected chi connectivity index (χ2v) is 5.82. The fourth-order valence-electron chi connectivity index (χ4n) is 2.69. The van der Waals surface area contributed by atoms with Gasteiger partial charge < -0.3 is 24.4 Å². The first-order chi connectivity index (χ1) is 11.7. The average molecular weight is 330 g/mol. The summed E-state index contributed by atoms with van der Waals surface area (Å²) in [7, 11) is 0. The molecule has 1 unspecified atom stereocenters. The lowest BCUT2D eigenvalue weighted by atomic mass is 10.1. The van der Waals surface area contributed by atoms with E-state index in [1.165, 1.54) is 0 Å². The van der Waals surface area contributed by atoms with E-state index in [1.54, 1.807) is 0 Å². The molecule has 1 fully saturated rings. The van der Waals surface area contributed by atoms with Crippen LogP contribution in [-0.4, -0.2) is 41.4 Å². The summed E-state index contributed by atoms with van der Waals surface area (Å²) in [6.07, 6.45) is -3.48. The molecule has 1 aliphatic heterocycles. The van der Waals surface area contributed by atoms with Crippen molar-refractivity contribution in [3.05, 3.63) is 71.8 Å². The molecular weight excluding hydrogens is 308 g/mol. The van der Waals surface area contributed by atoms with Gasteiger partial charge in [0.25, 0.3) is 0 Å². The van der Waals surface area contributed by atoms with Crippen molar-refractivity contribution in [1.82, 2.24) is 0 Å². The van der Waals surface area contributed by atoms with Crippen LogP contribution in [0.25, 0.3) is 0 Å². The molecule has 0 spiro atoms. The summed E-state index contributed by atoms with van der Waals surface area (Å²) < 4.78 is 16.8. The van der Waals surface area contributed by atoms with Gasteiger partial charge in [-0.15, -0.1) is 0 Å². The monoisotopic (exact) mass is 330 g/mol. The highest BCUT2D eigenvalue weighted by molar-refractivity contribution is 5.14. The molecule has 1 heterocycles. The van der Waals surface area contributed by atoms with Crippen LogP contribution in [0.5, 0.6) is 0 Å². The van der Waals surface area contributed by atoms with E-state index in [1.807, 2.05) is 60.7 Å². The first-order valence-electron chi connectivity index (χ1n) is 8.03. The number of aliphatic hydroxyl groups is 2. The summed E-state index contributed by atoms with van der Waals surface area (Å²) in [4.78, 5) is 0. The van der Waals surface area contributed by atoms with Crippen LogP contribution >= 0.6 is 0 Å². The summed E-state index contributed by atoms with van der Waals surface area (Å²) >= 11 is 0. The summed E-state index contributed by atoms with van der Waals surface area (Å²) in [6, 6.07) is 19.5. The first-order valence-corrected chi connectivity index (χ1v) is 8.03. The molecule has 0 radical (unpaired) electrons. The number of aliphatic hydroxyl groups excluding tert-OH is 2. The van der Waals surface area contributed by atoms with Gasteiger partial charge in [0, 0.05) is 0 Å². The van der Waals surface area contributed by atoms with E-state index in [-0.39, 0.29) is 6.61 Å². The Kier molecular flexibility index (Phi) is 5.96. The molecule has 0 aliphatic carbocycles. The highest BCUT2D eigenvalue weighted by Crippen LogP contribution is 2.24. The zero-order valence-electron chi connectivity index (χ0n) is 13.3. The van der Waals surface area contributed by atoms with Crippen molar-refractivity contribution >= 4 is 0 Å². The van der Waals surface area contributed by atoms with Crippen LogP contribution in [0.4, 0.5) is 0 Å². The van der Waals surface area contributed by atoms with Gasteiger partial charge in [-0.1, -0.05) is 60.7 Å². The first kappa shape index (κ1) is 17.1. The lowest BCUT2D eigenvalue weighted by Gasteiger charge is -2.20. The van der Waals surface area contributed by atoms with Gasteiger partial charge in [0.15, 0.2) is 6.29 Å². The second-order valence-electron chi connectivity index (χ2n) is 5.82. The standard InChI is InChI=1S/C19H22O5/c20-17-18(23-12-15-9-5-2-6-10-15)16(24-19(17)21)13-22-11-14-7-3-1-4-8-14/h1-10,16-21H,11-13H2/t16-,17-,18-,19?/m0/s1. The molecule has 1 saturated heterocycles. The van der Waals surface area contributed by atoms with Gasteiger partial charge in [-0.05, 0) is 11.1 Å². The normalized spacial score (nSPS) is 26.6. The van der Waals surface area contributed by atoms with E-state index in [2.05, 4.69) is 0 Å².